The van der Waals surface area contributed by atoms with E-state index in [0.29, 0.717) is 0 Å². The first kappa shape index (κ1) is 12.8. The van der Waals surface area contributed by atoms with Gasteiger partial charge in [-0.25, -0.2) is 9.37 Å². The SMILES string of the molecule is Cn1cnc(-c2ccc(F)cc2)c1-c1ccc2cn[nH]c2c1. The number of benzene rings is 2. The summed E-state index contributed by atoms with van der Waals surface area (Å²) in [4.78, 5) is 4.47. The summed E-state index contributed by atoms with van der Waals surface area (Å²) in [5.41, 5.74) is 4.73. The molecule has 2 aromatic carbocycles. The van der Waals surface area contributed by atoms with Crippen LogP contribution in [0.5, 0.6) is 0 Å². The summed E-state index contributed by atoms with van der Waals surface area (Å²) in [6.45, 7) is 0. The van der Waals surface area contributed by atoms with Gasteiger partial charge in [-0.1, -0.05) is 12.1 Å². The second-order valence-corrected chi connectivity index (χ2v) is 5.23. The average Bonchev–Trinajstić information content (AvgIpc) is 3.13. The summed E-state index contributed by atoms with van der Waals surface area (Å²) in [7, 11) is 1.95. The maximum absolute atomic E-state index is 13.1. The third-order valence-electron chi connectivity index (χ3n) is 3.77. The number of rotatable bonds is 2. The molecule has 0 amide bonds. The minimum absolute atomic E-state index is 0.250. The van der Waals surface area contributed by atoms with E-state index in [2.05, 4.69) is 15.2 Å². The maximum atomic E-state index is 13.1. The minimum atomic E-state index is -0.250. The molecule has 0 spiro atoms. The molecule has 5 heteroatoms. The van der Waals surface area contributed by atoms with Gasteiger partial charge in [-0.3, -0.25) is 5.10 Å². The van der Waals surface area contributed by atoms with Crippen LogP contribution in [-0.2, 0) is 7.05 Å². The van der Waals surface area contributed by atoms with Gasteiger partial charge in [-0.2, -0.15) is 5.10 Å². The molecule has 0 aliphatic carbocycles. The fraction of sp³-hybridized carbons (Fsp3) is 0.0588. The first-order valence-electron chi connectivity index (χ1n) is 6.93. The van der Waals surface area contributed by atoms with Crippen molar-refractivity contribution in [2.24, 2.45) is 7.05 Å². The lowest BCUT2D eigenvalue weighted by Gasteiger charge is -2.07. The predicted octanol–water partition coefficient (Wildman–Crippen LogP) is 3.77. The van der Waals surface area contributed by atoms with Crippen LogP contribution in [-0.4, -0.2) is 19.7 Å². The fourth-order valence-corrected chi connectivity index (χ4v) is 2.67. The molecule has 0 saturated heterocycles. The van der Waals surface area contributed by atoms with Gasteiger partial charge in [0, 0.05) is 23.6 Å². The molecule has 0 bridgehead atoms. The van der Waals surface area contributed by atoms with Gasteiger partial charge in [0.1, 0.15) is 5.82 Å². The zero-order valence-corrected chi connectivity index (χ0v) is 11.9. The average molecular weight is 292 g/mol. The number of nitrogens with one attached hydrogen (secondary N) is 1. The molecule has 0 aliphatic rings. The van der Waals surface area contributed by atoms with Crippen LogP contribution < -0.4 is 0 Å². The summed E-state index contributed by atoms with van der Waals surface area (Å²) >= 11 is 0. The third kappa shape index (κ3) is 1.98. The van der Waals surface area contributed by atoms with E-state index in [4.69, 9.17) is 0 Å². The molecule has 4 aromatic rings. The Morgan fingerprint density at radius 2 is 1.82 bits per heavy atom. The number of aromatic nitrogens is 4. The number of hydrogen-bond acceptors (Lipinski definition) is 2. The summed E-state index contributed by atoms with van der Waals surface area (Å²) in [5.74, 6) is -0.250. The van der Waals surface area contributed by atoms with Gasteiger partial charge in [0.2, 0.25) is 0 Å². The molecule has 0 saturated carbocycles. The van der Waals surface area contributed by atoms with Crippen LogP contribution in [0.4, 0.5) is 4.39 Å². The highest BCUT2D eigenvalue weighted by atomic mass is 19.1. The number of aryl methyl sites for hydroxylation is 1. The molecular weight excluding hydrogens is 279 g/mol. The Morgan fingerprint density at radius 1 is 1.05 bits per heavy atom. The highest BCUT2D eigenvalue weighted by Gasteiger charge is 2.14. The summed E-state index contributed by atoms with van der Waals surface area (Å²) < 4.78 is 15.1. The summed E-state index contributed by atoms with van der Waals surface area (Å²) in [6, 6.07) is 12.5. The van der Waals surface area contributed by atoms with Crippen molar-refractivity contribution in [2.75, 3.05) is 0 Å². The molecule has 0 fully saturated rings. The molecule has 4 nitrogen and oxygen atoms in total. The second-order valence-electron chi connectivity index (χ2n) is 5.23. The van der Waals surface area contributed by atoms with Crippen LogP contribution in [0.15, 0.2) is 55.0 Å². The van der Waals surface area contributed by atoms with Gasteiger partial charge in [0.05, 0.1) is 29.4 Å². The normalized spacial score (nSPS) is 11.2. The number of hydrogen-bond donors (Lipinski definition) is 1. The van der Waals surface area contributed by atoms with Crippen LogP contribution in [0.3, 0.4) is 0 Å². The van der Waals surface area contributed by atoms with E-state index in [1.807, 2.05) is 29.8 Å². The number of H-pyrrole nitrogens is 1. The van der Waals surface area contributed by atoms with Crippen LogP contribution in [0.2, 0.25) is 0 Å². The smallest absolute Gasteiger partial charge is 0.123 e. The highest BCUT2D eigenvalue weighted by Crippen LogP contribution is 2.32. The van der Waals surface area contributed by atoms with Crippen molar-refractivity contribution < 1.29 is 4.39 Å². The molecule has 0 radical (unpaired) electrons. The zero-order valence-electron chi connectivity index (χ0n) is 11.9. The molecule has 108 valence electrons. The van der Waals surface area contributed by atoms with E-state index < -0.39 is 0 Å². The Morgan fingerprint density at radius 3 is 2.64 bits per heavy atom. The van der Waals surface area contributed by atoms with E-state index in [1.165, 1.54) is 12.1 Å². The van der Waals surface area contributed by atoms with Gasteiger partial charge in [-0.15, -0.1) is 0 Å². The Hall–Kier alpha value is -2.95. The number of nitrogens with zero attached hydrogens (tertiary/aromatic N) is 3. The van der Waals surface area contributed by atoms with Crippen LogP contribution in [0.25, 0.3) is 33.4 Å². The fourth-order valence-electron chi connectivity index (χ4n) is 2.67. The number of fused-ring (bicyclic) bond motifs is 1. The van der Waals surface area contributed by atoms with Gasteiger partial charge in [0.15, 0.2) is 0 Å². The molecule has 0 atom stereocenters. The monoisotopic (exact) mass is 292 g/mol. The Balaban J connectivity index is 1.91. The number of imidazole rings is 1. The summed E-state index contributed by atoms with van der Waals surface area (Å²) in [5, 5.41) is 8.09. The molecule has 2 heterocycles. The third-order valence-corrected chi connectivity index (χ3v) is 3.77. The van der Waals surface area contributed by atoms with Crippen molar-refractivity contribution in [1.29, 1.82) is 0 Å². The van der Waals surface area contributed by atoms with Crippen molar-refractivity contribution in [3.05, 3.63) is 60.8 Å². The van der Waals surface area contributed by atoms with Crippen LogP contribution in [0.1, 0.15) is 0 Å². The first-order chi connectivity index (χ1) is 10.7. The lowest BCUT2D eigenvalue weighted by molar-refractivity contribution is 0.628. The van der Waals surface area contributed by atoms with E-state index >= 15 is 0 Å². The second kappa shape index (κ2) is 4.80. The first-order valence-corrected chi connectivity index (χ1v) is 6.93. The standard InChI is InChI=1S/C17H13FN4/c1-22-10-19-16(11-4-6-14(18)7-5-11)17(22)12-2-3-13-9-20-21-15(13)8-12/h2-10H,1H3,(H,20,21). The number of halogens is 1. The molecule has 2 aromatic heterocycles. The molecule has 0 unspecified atom stereocenters. The van der Waals surface area contributed by atoms with Crippen molar-refractivity contribution >= 4 is 10.9 Å². The predicted molar refractivity (Wildman–Crippen MR) is 83.7 cm³/mol. The van der Waals surface area contributed by atoms with Crippen molar-refractivity contribution in [3.63, 3.8) is 0 Å². The van der Waals surface area contributed by atoms with Gasteiger partial charge in [-0.05, 0) is 30.3 Å². The van der Waals surface area contributed by atoms with Gasteiger partial charge in [0.25, 0.3) is 0 Å². The van der Waals surface area contributed by atoms with E-state index in [0.717, 1.165) is 33.4 Å². The Kier molecular flexibility index (Phi) is 2.79. The van der Waals surface area contributed by atoms with Crippen molar-refractivity contribution in [2.45, 2.75) is 0 Å². The lowest BCUT2D eigenvalue weighted by Crippen LogP contribution is -1.92. The Bertz CT molecular complexity index is 950. The van der Waals surface area contributed by atoms with Crippen LogP contribution >= 0.6 is 0 Å². The summed E-state index contributed by atoms with van der Waals surface area (Å²) in [6.07, 6.45) is 3.56. The molecule has 4 rings (SSSR count). The van der Waals surface area contributed by atoms with Crippen LogP contribution in [0, 0.1) is 5.82 Å². The quantitative estimate of drug-likeness (QED) is 0.611. The largest absolute Gasteiger partial charge is 0.333 e. The van der Waals surface area contributed by atoms with Crippen molar-refractivity contribution in [3.8, 4) is 22.5 Å². The molecule has 0 aliphatic heterocycles. The maximum Gasteiger partial charge on any atom is 0.123 e. The van der Waals surface area contributed by atoms with Crippen molar-refractivity contribution in [1.82, 2.24) is 19.7 Å². The molecular formula is C17H13FN4. The lowest BCUT2D eigenvalue weighted by atomic mass is 10.0. The number of aromatic amines is 1. The highest BCUT2D eigenvalue weighted by molar-refractivity contribution is 5.86. The molecule has 22 heavy (non-hydrogen) atoms. The zero-order chi connectivity index (χ0) is 15.1. The van der Waals surface area contributed by atoms with E-state index in [9.17, 15) is 4.39 Å². The Labute approximate surface area is 126 Å². The van der Waals surface area contributed by atoms with Gasteiger partial charge < -0.3 is 4.57 Å². The van der Waals surface area contributed by atoms with Gasteiger partial charge >= 0.3 is 0 Å². The minimum Gasteiger partial charge on any atom is -0.333 e. The topological polar surface area (TPSA) is 46.5 Å². The molecule has 1 N–H and O–H groups in total. The van der Waals surface area contributed by atoms with E-state index in [1.54, 1.807) is 24.7 Å². The van der Waals surface area contributed by atoms with E-state index in [-0.39, 0.29) is 5.82 Å².